The number of hydrogen-bond acceptors (Lipinski definition) is 4. The van der Waals surface area contributed by atoms with E-state index in [1.54, 1.807) is 0 Å². The Morgan fingerprint density at radius 1 is 0.812 bits per heavy atom. The Labute approximate surface area is 120 Å². The fourth-order valence-electron chi connectivity index (χ4n) is 0.699. The third-order valence-corrected chi connectivity index (χ3v) is 2.28. The number of nitrogens with zero attached hydrogens (tertiary/aromatic N) is 3. The van der Waals surface area contributed by atoms with Gasteiger partial charge in [0.05, 0.1) is 0 Å². The molecule has 88 valence electrons. The minimum absolute atomic E-state index is 0.294. The Balaban J connectivity index is 3.39. The molecule has 0 aliphatic rings. The van der Waals surface area contributed by atoms with Crippen LogP contribution in [0.4, 0.5) is 0 Å². The van der Waals surface area contributed by atoms with Crippen molar-refractivity contribution in [1.29, 1.82) is 0 Å². The molecule has 1 heterocycles. The molecule has 0 radical (unpaired) electrons. The van der Waals surface area contributed by atoms with Crippen molar-refractivity contribution in [3.63, 3.8) is 0 Å². The van der Waals surface area contributed by atoms with Crippen molar-refractivity contribution in [2.24, 2.45) is 0 Å². The number of hydrogen-bond donors (Lipinski definition) is 0. The highest BCUT2D eigenvalue weighted by atomic mass is 35.6. The molecule has 1 rings (SSSR count). The zero-order valence-electron chi connectivity index (χ0n) is 7.10. The van der Waals surface area contributed by atoms with Gasteiger partial charge in [-0.3, -0.25) is 4.79 Å². The Kier molecular flexibility index (Phi) is 4.49. The average Bonchev–Trinajstić information content (AvgIpc) is 2.14. The maximum Gasteiger partial charge on any atom is 0.250 e. The van der Waals surface area contributed by atoms with E-state index in [2.05, 4.69) is 15.0 Å². The van der Waals surface area contributed by atoms with E-state index in [1.165, 1.54) is 0 Å². The first kappa shape index (κ1) is 14.5. The van der Waals surface area contributed by atoms with Crippen LogP contribution in [-0.4, -0.2) is 21.2 Å². The lowest BCUT2D eigenvalue weighted by atomic mass is 10.5. The molecule has 0 aliphatic heterocycles. The van der Waals surface area contributed by atoms with Crippen LogP contribution in [0.15, 0.2) is 0 Å². The zero-order valence-corrected chi connectivity index (χ0v) is 11.6. The van der Waals surface area contributed by atoms with Crippen molar-refractivity contribution in [1.82, 2.24) is 15.0 Å². The Bertz CT molecular complexity index is 379. The summed E-state index contributed by atoms with van der Waals surface area (Å²) in [4.78, 5) is 21.4. The average molecular weight is 344 g/mol. The number of aromatic nitrogens is 3. The van der Waals surface area contributed by atoms with Crippen LogP contribution in [-0.2, 0) is 7.59 Å². The predicted molar refractivity (Wildman–Crippen MR) is 63.7 cm³/mol. The molecule has 10 heteroatoms. The van der Waals surface area contributed by atoms with E-state index in [0.717, 1.165) is 0 Å². The van der Waals surface area contributed by atoms with Gasteiger partial charge in [0, 0.05) is 0 Å². The van der Waals surface area contributed by atoms with Gasteiger partial charge in [-0.15, -0.1) is 0 Å². The quantitative estimate of drug-likeness (QED) is 0.579. The number of carbonyl (C=O) groups is 1. The lowest BCUT2D eigenvalue weighted by Gasteiger charge is -2.13. The summed E-state index contributed by atoms with van der Waals surface area (Å²) in [6.45, 7) is 0. The van der Waals surface area contributed by atoms with Crippen molar-refractivity contribution in [3.8, 4) is 0 Å². The van der Waals surface area contributed by atoms with Gasteiger partial charge in [0.1, 0.15) is 0 Å². The third-order valence-electron chi connectivity index (χ3n) is 1.27. The SMILES string of the molecule is O=Cc1nc(C(Cl)(Cl)Cl)nc(C(Cl)(Cl)Cl)n1. The number of alkyl halides is 6. The standard InChI is InChI=1S/C6HCl6N3O/c7-5(8,9)3-13-2(1-16)14-4(15-3)6(10,11)12/h1H. The normalized spacial score (nSPS) is 12.6. The predicted octanol–water partition coefficient (Wildman–Crippen LogP) is 3.34. The molecule has 0 aliphatic carbocycles. The second kappa shape index (κ2) is 4.96. The van der Waals surface area contributed by atoms with Crippen LogP contribution in [0.25, 0.3) is 0 Å². The van der Waals surface area contributed by atoms with E-state index in [4.69, 9.17) is 69.6 Å². The number of aldehydes is 1. The van der Waals surface area contributed by atoms with E-state index in [-0.39, 0.29) is 17.5 Å². The van der Waals surface area contributed by atoms with Gasteiger partial charge in [-0.25, -0.2) is 15.0 Å². The first-order valence-electron chi connectivity index (χ1n) is 3.50. The van der Waals surface area contributed by atoms with Gasteiger partial charge in [-0.1, -0.05) is 69.6 Å². The highest BCUT2D eigenvalue weighted by Gasteiger charge is 2.33. The molecule has 0 saturated carbocycles. The van der Waals surface area contributed by atoms with Crippen molar-refractivity contribution < 1.29 is 4.79 Å². The second-order valence-corrected chi connectivity index (χ2v) is 7.02. The van der Waals surface area contributed by atoms with Gasteiger partial charge in [-0.05, 0) is 0 Å². The summed E-state index contributed by atoms with van der Waals surface area (Å²) < 4.78 is -3.88. The molecule has 0 unspecified atom stereocenters. The molecular weight excluding hydrogens is 343 g/mol. The smallest absolute Gasteiger partial charge is 0.250 e. The van der Waals surface area contributed by atoms with Crippen LogP contribution in [0.3, 0.4) is 0 Å². The molecule has 0 spiro atoms. The molecule has 16 heavy (non-hydrogen) atoms. The van der Waals surface area contributed by atoms with Crippen LogP contribution in [0.1, 0.15) is 22.3 Å². The lowest BCUT2D eigenvalue weighted by Crippen LogP contribution is -2.17. The lowest BCUT2D eigenvalue weighted by molar-refractivity contribution is 0.111. The van der Waals surface area contributed by atoms with Crippen LogP contribution >= 0.6 is 69.6 Å². The van der Waals surface area contributed by atoms with Crippen LogP contribution in [0.5, 0.6) is 0 Å². The molecule has 0 amide bonds. The Morgan fingerprint density at radius 3 is 1.44 bits per heavy atom. The van der Waals surface area contributed by atoms with E-state index in [1.807, 2.05) is 0 Å². The zero-order chi connectivity index (χ0) is 12.6. The highest BCUT2D eigenvalue weighted by molar-refractivity contribution is 6.67. The van der Waals surface area contributed by atoms with Gasteiger partial charge in [0.15, 0.2) is 23.8 Å². The monoisotopic (exact) mass is 341 g/mol. The van der Waals surface area contributed by atoms with E-state index in [0.29, 0.717) is 6.29 Å². The summed E-state index contributed by atoms with van der Waals surface area (Å²) >= 11 is 33.3. The first-order valence-corrected chi connectivity index (χ1v) is 5.77. The maximum absolute atomic E-state index is 10.6. The summed E-state index contributed by atoms with van der Waals surface area (Å²) in [5, 5.41) is 0. The number of carbonyl (C=O) groups excluding carboxylic acids is 1. The largest absolute Gasteiger partial charge is 0.294 e. The molecule has 0 bridgehead atoms. The third kappa shape index (κ3) is 3.72. The number of rotatable bonds is 1. The summed E-state index contributed by atoms with van der Waals surface area (Å²) in [5.74, 6) is -0.885. The summed E-state index contributed by atoms with van der Waals surface area (Å²) in [6, 6.07) is 0. The molecule has 0 N–H and O–H groups in total. The molecule has 1 aromatic rings. The molecule has 0 atom stereocenters. The van der Waals surface area contributed by atoms with Crippen molar-refractivity contribution >= 4 is 75.9 Å². The molecule has 1 aromatic heterocycles. The van der Waals surface area contributed by atoms with Crippen LogP contribution in [0.2, 0.25) is 0 Å². The van der Waals surface area contributed by atoms with Gasteiger partial charge >= 0.3 is 0 Å². The number of halogens is 6. The Hall–Kier alpha value is 0.420. The van der Waals surface area contributed by atoms with E-state index in [9.17, 15) is 4.79 Å². The minimum atomic E-state index is -1.94. The van der Waals surface area contributed by atoms with Gasteiger partial charge in [-0.2, -0.15) is 0 Å². The van der Waals surface area contributed by atoms with Crippen molar-refractivity contribution in [2.75, 3.05) is 0 Å². The van der Waals surface area contributed by atoms with Crippen molar-refractivity contribution in [2.45, 2.75) is 7.59 Å². The van der Waals surface area contributed by atoms with Crippen LogP contribution < -0.4 is 0 Å². The molecule has 4 nitrogen and oxygen atoms in total. The fraction of sp³-hybridized carbons (Fsp3) is 0.333. The topological polar surface area (TPSA) is 55.7 Å². The van der Waals surface area contributed by atoms with E-state index < -0.39 is 7.59 Å². The minimum Gasteiger partial charge on any atom is -0.294 e. The highest BCUT2D eigenvalue weighted by Crippen LogP contribution is 2.39. The maximum atomic E-state index is 10.6. The van der Waals surface area contributed by atoms with Gasteiger partial charge in [0.25, 0.3) is 0 Å². The van der Waals surface area contributed by atoms with Crippen LogP contribution in [0, 0.1) is 0 Å². The van der Waals surface area contributed by atoms with Gasteiger partial charge in [0.2, 0.25) is 7.59 Å². The Morgan fingerprint density at radius 2 is 1.19 bits per heavy atom. The molecule has 0 saturated heterocycles. The van der Waals surface area contributed by atoms with Crippen molar-refractivity contribution in [3.05, 3.63) is 17.5 Å². The van der Waals surface area contributed by atoms with E-state index >= 15 is 0 Å². The summed E-state index contributed by atoms with van der Waals surface area (Å²) in [7, 11) is 0. The molecule has 0 aromatic carbocycles. The summed E-state index contributed by atoms with van der Waals surface area (Å²) in [5.41, 5.74) is 0. The first-order chi connectivity index (χ1) is 7.14. The fourth-order valence-corrected chi connectivity index (χ4v) is 1.21. The molecule has 0 fully saturated rings. The molecular formula is C6HCl6N3O. The van der Waals surface area contributed by atoms with Gasteiger partial charge < -0.3 is 0 Å². The second-order valence-electron chi connectivity index (χ2n) is 2.45. The summed E-state index contributed by atoms with van der Waals surface area (Å²) in [6.07, 6.45) is 0.321.